The van der Waals surface area contributed by atoms with Crippen LogP contribution >= 0.6 is 0 Å². The zero-order chi connectivity index (χ0) is 10.7. The van der Waals surface area contributed by atoms with Crippen LogP contribution in [0.3, 0.4) is 0 Å². The smallest absolute Gasteiger partial charge is 0.257 e. The highest BCUT2D eigenvalue weighted by Gasteiger charge is 2.20. The number of nitrogens with zero attached hydrogens (tertiary/aromatic N) is 4. The van der Waals surface area contributed by atoms with Crippen LogP contribution < -0.4 is 0 Å². The highest BCUT2D eigenvalue weighted by Crippen LogP contribution is 2.05. The molecule has 0 radical (unpaired) electrons. The third-order valence-electron chi connectivity index (χ3n) is 2.60. The molecule has 1 aromatic rings. The number of rotatable bonds is 1. The van der Waals surface area contributed by atoms with Gasteiger partial charge in [0.2, 0.25) is 0 Å². The van der Waals surface area contributed by atoms with Crippen LogP contribution in [0, 0.1) is 0 Å². The predicted molar refractivity (Wildman–Crippen MR) is 55.4 cm³/mol. The molecule has 0 aromatic carbocycles. The number of piperazine rings is 1. The summed E-state index contributed by atoms with van der Waals surface area (Å²) < 4.78 is 0. The van der Waals surface area contributed by atoms with E-state index in [0.717, 1.165) is 26.2 Å². The number of hydrogen-bond donors (Lipinski definition) is 0. The van der Waals surface area contributed by atoms with E-state index in [-0.39, 0.29) is 5.91 Å². The Morgan fingerprint density at radius 3 is 2.40 bits per heavy atom. The van der Waals surface area contributed by atoms with Gasteiger partial charge in [-0.25, -0.2) is 9.97 Å². The van der Waals surface area contributed by atoms with E-state index in [4.69, 9.17) is 0 Å². The Labute approximate surface area is 88.7 Å². The maximum Gasteiger partial charge on any atom is 0.257 e. The number of carbonyl (C=O) groups excluding carboxylic acids is 1. The molecule has 15 heavy (non-hydrogen) atoms. The Bertz CT molecular complexity index is 333. The second kappa shape index (κ2) is 4.35. The Morgan fingerprint density at radius 2 is 1.80 bits per heavy atom. The molecule has 0 unspecified atom stereocenters. The zero-order valence-corrected chi connectivity index (χ0v) is 8.76. The van der Waals surface area contributed by atoms with Gasteiger partial charge in [0.15, 0.2) is 0 Å². The number of likely N-dealkylation sites (N-methyl/N-ethyl adjacent to an activating group) is 1. The minimum Gasteiger partial charge on any atom is -0.336 e. The van der Waals surface area contributed by atoms with Crippen molar-refractivity contribution >= 4 is 5.91 Å². The highest BCUT2D eigenvalue weighted by atomic mass is 16.2. The van der Waals surface area contributed by atoms with E-state index < -0.39 is 0 Å². The van der Waals surface area contributed by atoms with Crippen molar-refractivity contribution in [3.05, 3.63) is 24.3 Å². The Kier molecular flexibility index (Phi) is 2.91. The van der Waals surface area contributed by atoms with Crippen molar-refractivity contribution in [1.82, 2.24) is 19.8 Å². The molecule has 0 aliphatic carbocycles. The van der Waals surface area contributed by atoms with Crippen LogP contribution in [0.25, 0.3) is 0 Å². The first kappa shape index (κ1) is 10.0. The fourth-order valence-corrected chi connectivity index (χ4v) is 1.60. The summed E-state index contributed by atoms with van der Waals surface area (Å²) in [6.07, 6.45) is 4.56. The molecular weight excluding hydrogens is 192 g/mol. The van der Waals surface area contributed by atoms with Crippen LogP contribution in [0.1, 0.15) is 10.4 Å². The van der Waals surface area contributed by atoms with E-state index in [9.17, 15) is 4.79 Å². The van der Waals surface area contributed by atoms with Crippen molar-refractivity contribution in [3.8, 4) is 0 Å². The zero-order valence-electron chi connectivity index (χ0n) is 8.76. The number of carbonyl (C=O) groups is 1. The van der Waals surface area contributed by atoms with Gasteiger partial charge in [-0.3, -0.25) is 4.79 Å². The molecule has 0 atom stereocenters. The summed E-state index contributed by atoms with van der Waals surface area (Å²) in [5.41, 5.74) is 0.571. The lowest BCUT2D eigenvalue weighted by Crippen LogP contribution is -2.47. The molecule has 80 valence electrons. The quantitative estimate of drug-likeness (QED) is 0.642. The number of hydrogen-bond acceptors (Lipinski definition) is 4. The van der Waals surface area contributed by atoms with Gasteiger partial charge in [0.25, 0.3) is 5.91 Å². The van der Waals surface area contributed by atoms with Gasteiger partial charge >= 0.3 is 0 Å². The third kappa shape index (κ3) is 2.30. The molecule has 5 heteroatoms. The monoisotopic (exact) mass is 206 g/mol. The van der Waals surface area contributed by atoms with Gasteiger partial charge in [0.05, 0.1) is 5.56 Å². The van der Waals surface area contributed by atoms with Gasteiger partial charge in [-0.15, -0.1) is 0 Å². The average molecular weight is 206 g/mol. The van der Waals surface area contributed by atoms with Crippen LogP contribution in [-0.2, 0) is 0 Å². The largest absolute Gasteiger partial charge is 0.336 e. The van der Waals surface area contributed by atoms with Crippen molar-refractivity contribution in [2.24, 2.45) is 0 Å². The van der Waals surface area contributed by atoms with Crippen molar-refractivity contribution < 1.29 is 4.79 Å². The minimum atomic E-state index is 0.0312. The van der Waals surface area contributed by atoms with Gasteiger partial charge in [-0.05, 0) is 7.05 Å². The van der Waals surface area contributed by atoms with E-state index in [1.807, 2.05) is 4.90 Å². The summed E-state index contributed by atoms with van der Waals surface area (Å²) in [5, 5.41) is 0. The van der Waals surface area contributed by atoms with Crippen LogP contribution in [-0.4, -0.2) is 58.9 Å². The molecule has 2 rings (SSSR count). The van der Waals surface area contributed by atoms with Crippen LogP contribution in [0.4, 0.5) is 0 Å². The van der Waals surface area contributed by atoms with Crippen molar-refractivity contribution in [1.29, 1.82) is 0 Å². The van der Waals surface area contributed by atoms with E-state index in [0.29, 0.717) is 5.56 Å². The Balaban J connectivity index is 2.03. The number of amides is 1. The Hall–Kier alpha value is -1.49. The molecule has 0 bridgehead atoms. The Morgan fingerprint density at radius 1 is 1.20 bits per heavy atom. The van der Waals surface area contributed by atoms with Gasteiger partial charge < -0.3 is 9.80 Å². The molecule has 1 aliphatic rings. The lowest BCUT2D eigenvalue weighted by Gasteiger charge is -2.32. The van der Waals surface area contributed by atoms with Gasteiger partial charge in [0.1, 0.15) is 6.33 Å². The summed E-state index contributed by atoms with van der Waals surface area (Å²) >= 11 is 0. The van der Waals surface area contributed by atoms with Crippen molar-refractivity contribution in [2.75, 3.05) is 33.2 Å². The molecule has 0 N–H and O–H groups in total. The van der Waals surface area contributed by atoms with E-state index in [1.165, 1.54) is 6.33 Å². The third-order valence-corrected chi connectivity index (χ3v) is 2.60. The highest BCUT2D eigenvalue weighted by molar-refractivity contribution is 5.93. The molecule has 1 saturated heterocycles. The first-order chi connectivity index (χ1) is 7.27. The second-order valence-corrected chi connectivity index (χ2v) is 3.72. The maximum absolute atomic E-state index is 11.9. The topological polar surface area (TPSA) is 49.3 Å². The van der Waals surface area contributed by atoms with Crippen molar-refractivity contribution in [2.45, 2.75) is 0 Å². The van der Waals surface area contributed by atoms with Crippen molar-refractivity contribution in [3.63, 3.8) is 0 Å². The fraction of sp³-hybridized carbons (Fsp3) is 0.500. The first-order valence-corrected chi connectivity index (χ1v) is 5.00. The lowest BCUT2D eigenvalue weighted by molar-refractivity contribution is 0.0663. The SMILES string of the molecule is CN1CCN(C(=O)c2cncnc2)CC1. The van der Waals surface area contributed by atoms with Gasteiger partial charge in [-0.2, -0.15) is 0 Å². The molecule has 0 saturated carbocycles. The van der Waals surface area contributed by atoms with E-state index >= 15 is 0 Å². The van der Waals surface area contributed by atoms with Gasteiger partial charge in [-0.1, -0.05) is 0 Å². The van der Waals surface area contributed by atoms with E-state index in [1.54, 1.807) is 12.4 Å². The molecule has 1 fully saturated rings. The molecule has 1 aliphatic heterocycles. The summed E-state index contributed by atoms with van der Waals surface area (Å²) in [5.74, 6) is 0.0312. The van der Waals surface area contributed by atoms with E-state index in [2.05, 4.69) is 21.9 Å². The molecule has 0 spiro atoms. The van der Waals surface area contributed by atoms with Crippen LogP contribution in [0.5, 0.6) is 0 Å². The average Bonchev–Trinajstić information content (AvgIpc) is 2.30. The first-order valence-electron chi connectivity index (χ1n) is 5.00. The molecular formula is C10H14N4O. The summed E-state index contributed by atoms with van der Waals surface area (Å²) in [6, 6.07) is 0. The summed E-state index contributed by atoms with van der Waals surface area (Å²) in [7, 11) is 2.06. The summed E-state index contributed by atoms with van der Waals surface area (Å²) in [6.45, 7) is 3.42. The standard InChI is InChI=1S/C10H14N4O/c1-13-2-4-14(5-3-13)10(15)9-6-11-8-12-7-9/h6-8H,2-5H2,1H3. The number of aromatic nitrogens is 2. The predicted octanol–water partition coefficient (Wildman–Crippen LogP) is -0.136. The molecule has 2 heterocycles. The lowest BCUT2D eigenvalue weighted by atomic mass is 10.2. The molecule has 5 nitrogen and oxygen atoms in total. The fourth-order valence-electron chi connectivity index (χ4n) is 1.60. The molecule has 1 amide bonds. The minimum absolute atomic E-state index is 0.0312. The normalized spacial score (nSPS) is 17.8. The van der Waals surface area contributed by atoms with Crippen LogP contribution in [0.15, 0.2) is 18.7 Å². The maximum atomic E-state index is 11.9. The summed E-state index contributed by atoms with van der Waals surface area (Å²) in [4.78, 5) is 23.7. The van der Waals surface area contributed by atoms with Gasteiger partial charge in [0, 0.05) is 38.6 Å². The molecule has 1 aromatic heterocycles. The second-order valence-electron chi connectivity index (χ2n) is 3.72. The van der Waals surface area contributed by atoms with Crippen LogP contribution in [0.2, 0.25) is 0 Å².